The predicted molar refractivity (Wildman–Crippen MR) is 108 cm³/mol. The van der Waals surface area contributed by atoms with Crippen LogP contribution in [0.15, 0.2) is 0 Å². The summed E-state index contributed by atoms with van der Waals surface area (Å²) in [7, 11) is 0. The minimum atomic E-state index is -1.11. The average molecular weight is 403 g/mol. The lowest BCUT2D eigenvalue weighted by Gasteiger charge is -2.23. The van der Waals surface area contributed by atoms with Gasteiger partial charge in [-0.15, -0.1) is 0 Å². The van der Waals surface area contributed by atoms with E-state index in [2.05, 4.69) is 10.6 Å². The molecule has 0 saturated carbocycles. The van der Waals surface area contributed by atoms with Crippen LogP contribution in [0.3, 0.4) is 0 Å². The first-order valence-electron chi connectivity index (χ1n) is 10.1. The number of nitrogens with two attached hydrogens (primary N) is 4. The van der Waals surface area contributed by atoms with Crippen LogP contribution >= 0.6 is 0 Å². The molecule has 0 aliphatic rings. The summed E-state index contributed by atoms with van der Waals surface area (Å²) in [5, 5.41) is 14.5. The second-order valence-corrected chi connectivity index (χ2v) is 6.92. The summed E-state index contributed by atoms with van der Waals surface area (Å²) in [6, 6.07) is -2.61. The van der Waals surface area contributed by atoms with E-state index in [4.69, 9.17) is 22.9 Å². The Balaban J connectivity index is 4.86. The van der Waals surface area contributed by atoms with Gasteiger partial charge in [0.25, 0.3) is 0 Å². The zero-order valence-electron chi connectivity index (χ0n) is 16.7. The lowest BCUT2D eigenvalue weighted by atomic mass is 10.0. The normalized spacial score (nSPS) is 14.1. The minimum Gasteiger partial charge on any atom is -0.480 e. The summed E-state index contributed by atoms with van der Waals surface area (Å²) >= 11 is 0. The molecule has 0 heterocycles. The SMILES string of the molecule is NCCCCC(N)C(=O)N[C@@H](CCCCN)C(=O)N[C@@H](CCCCN)C(=O)O. The van der Waals surface area contributed by atoms with E-state index in [1.807, 2.05) is 0 Å². The molecule has 0 aromatic carbocycles. The first-order valence-corrected chi connectivity index (χ1v) is 10.1. The highest BCUT2D eigenvalue weighted by Gasteiger charge is 2.27. The third-order valence-corrected chi connectivity index (χ3v) is 4.45. The average Bonchev–Trinajstić information content (AvgIpc) is 2.66. The van der Waals surface area contributed by atoms with Crippen molar-refractivity contribution >= 4 is 17.8 Å². The fourth-order valence-electron chi connectivity index (χ4n) is 2.70. The standard InChI is InChI=1S/C18H38N6O4/c19-10-4-1-7-13(22)16(25)23-14(8-2-5-11-20)17(26)24-15(18(27)28)9-3-6-12-21/h13-15H,1-12,19-22H2,(H,23,25)(H,24,26)(H,27,28)/t13?,14-,15-/m0/s1. The third-order valence-electron chi connectivity index (χ3n) is 4.45. The van der Waals surface area contributed by atoms with Gasteiger partial charge in [-0.05, 0) is 71.0 Å². The van der Waals surface area contributed by atoms with E-state index in [0.717, 1.165) is 12.8 Å². The van der Waals surface area contributed by atoms with Gasteiger partial charge < -0.3 is 38.7 Å². The van der Waals surface area contributed by atoms with Crippen LogP contribution in [0, 0.1) is 0 Å². The fraction of sp³-hybridized carbons (Fsp3) is 0.833. The first-order chi connectivity index (χ1) is 13.4. The molecular formula is C18H38N6O4. The quantitative estimate of drug-likeness (QED) is 0.146. The third kappa shape index (κ3) is 11.9. The molecule has 2 amide bonds. The van der Waals surface area contributed by atoms with Gasteiger partial charge >= 0.3 is 5.97 Å². The van der Waals surface area contributed by atoms with Crippen molar-refractivity contribution in [3.05, 3.63) is 0 Å². The molecule has 28 heavy (non-hydrogen) atoms. The highest BCUT2D eigenvalue weighted by molar-refractivity contribution is 5.91. The molecule has 0 aliphatic carbocycles. The number of unbranched alkanes of at least 4 members (excludes halogenated alkanes) is 3. The Morgan fingerprint density at radius 1 is 0.679 bits per heavy atom. The Morgan fingerprint density at radius 2 is 1.11 bits per heavy atom. The molecule has 164 valence electrons. The van der Waals surface area contributed by atoms with Gasteiger partial charge in [-0.25, -0.2) is 4.79 Å². The molecule has 1 unspecified atom stereocenters. The van der Waals surface area contributed by atoms with Crippen molar-refractivity contribution in [2.45, 2.75) is 75.9 Å². The van der Waals surface area contributed by atoms with Crippen LogP contribution in [0.1, 0.15) is 57.8 Å². The summed E-state index contributed by atoms with van der Waals surface area (Å²) in [5.74, 6) is -2.07. The first kappa shape index (κ1) is 26.2. The van der Waals surface area contributed by atoms with E-state index in [9.17, 15) is 19.5 Å². The van der Waals surface area contributed by atoms with E-state index >= 15 is 0 Å². The van der Waals surface area contributed by atoms with Gasteiger partial charge in [0, 0.05) is 0 Å². The molecule has 0 spiro atoms. The monoisotopic (exact) mass is 402 g/mol. The lowest BCUT2D eigenvalue weighted by molar-refractivity contribution is -0.142. The van der Waals surface area contributed by atoms with Gasteiger partial charge in [0.05, 0.1) is 6.04 Å². The molecule has 0 aromatic heterocycles. The molecule has 0 radical (unpaired) electrons. The molecule has 0 rings (SSSR count). The Morgan fingerprint density at radius 3 is 1.57 bits per heavy atom. The van der Waals surface area contributed by atoms with Crippen molar-refractivity contribution in [1.29, 1.82) is 0 Å². The van der Waals surface area contributed by atoms with Crippen molar-refractivity contribution in [3.8, 4) is 0 Å². The number of carbonyl (C=O) groups is 3. The van der Waals surface area contributed by atoms with Gasteiger partial charge in [-0.2, -0.15) is 0 Å². The molecular weight excluding hydrogens is 364 g/mol. The van der Waals surface area contributed by atoms with Gasteiger partial charge in [-0.3, -0.25) is 9.59 Å². The number of carbonyl (C=O) groups excluding carboxylic acids is 2. The van der Waals surface area contributed by atoms with Gasteiger partial charge in [0.1, 0.15) is 12.1 Å². The number of nitrogens with one attached hydrogen (secondary N) is 2. The number of hydrogen-bond donors (Lipinski definition) is 7. The molecule has 10 heteroatoms. The van der Waals surface area contributed by atoms with Gasteiger partial charge in [-0.1, -0.05) is 6.42 Å². The van der Waals surface area contributed by atoms with Gasteiger partial charge in [0.2, 0.25) is 11.8 Å². The Hall–Kier alpha value is -1.75. The van der Waals surface area contributed by atoms with E-state index in [1.165, 1.54) is 0 Å². The van der Waals surface area contributed by atoms with E-state index in [1.54, 1.807) is 0 Å². The van der Waals surface area contributed by atoms with Crippen molar-refractivity contribution in [2.24, 2.45) is 22.9 Å². The Bertz CT molecular complexity index is 463. The summed E-state index contributed by atoms with van der Waals surface area (Å²) in [6.07, 6.45) is 5.18. The molecule has 3 atom stereocenters. The second-order valence-electron chi connectivity index (χ2n) is 6.92. The van der Waals surface area contributed by atoms with Crippen molar-refractivity contribution in [3.63, 3.8) is 0 Å². The predicted octanol–water partition coefficient (Wildman–Crippen LogP) is -1.25. The number of rotatable bonds is 17. The van der Waals surface area contributed by atoms with Crippen LogP contribution in [-0.2, 0) is 14.4 Å². The molecule has 0 fully saturated rings. The molecule has 0 bridgehead atoms. The van der Waals surface area contributed by atoms with Crippen LogP contribution in [0.5, 0.6) is 0 Å². The number of amides is 2. The van der Waals surface area contributed by atoms with E-state index in [-0.39, 0.29) is 6.42 Å². The van der Waals surface area contributed by atoms with Crippen LogP contribution in [0.4, 0.5) is 0 Å². The summed E-state index contributed by atoms with van der Waals surface area (Å²) in [6.45, 7) is 1.46. The molecule has 10 nitrogen and oxygen atoms in total. The number of carboxylic acid groups (broad SMARTS) is 1. The Labute approximate surface area is 167 Å². The molecule has 0 aliphatic heterocycles. The fourth-order valence-corrected chi connectivity index (χ4v) is 2.70. The number of hydrogen-bond acceptors (Lipinski definition) is 7. The maximum absolute atomic E-state index is 12.6. The summed E-state index contributed by atoms with van der Waals surface area (Å²) in [4.78, 5) is 36.3. The maximum atomic E-state index is 12.6. The summed E-state index contributed by atoms with van der Waals surface area (Å²) < 4.78 is 0. The smallest absolute Gasteiger partial charge is 0.326 e. The van der Waals surface area contributed by atoms with Crippen molar-refractivity contribution in [2.75, 3.05) is 19.6 Å². The molecule has 0 aromatic rings. The molecule has 11 N–H and O–H groups in total. The van der Waals surface area contributed by atoms with Crippen LogP contribution in [0.2, 0.25) is 0 Å². The lowest BCUT2D eigenvalue weighted by Crippen LogP contribution is -2.54. The van der Waals surface area contributed by atoms with Gasteiger partial charge in [0.15, 0.2) is 0 Å². The number of carboxylic acids is 1. The van der Waals surface area contributed by atoms with Crippen molar-refractivity contribution in [1.82, 2.24) is 10.6 Å². The summed E-state index contributed by atoms with van der Waals surface area (Å²) in [5.41, 5.74) is 22.2. The molecule has 0 saturated heterocycles. The maximum Gasteiger partial charge on any atom is 0.326 e. The van der Waals surface area contributed by atoms with Crippen molar-refractivity contribution < 1.29 is 19.5 Å². The van der Waals surface area contributed by atoms with Crippen LogP contribution < -0.4 is 33.6 Å². The Kier molecular flexibility index (Phi) is 15.2. The highest BCUT2D eigenvalue weighted by Crippen LogP contribution is 2.06. The largest absolute Gasteiger partial charge is 0.480 e. The van der Waals surface area contributed by atoms with Crippen LogP contribution in [0.25, 0.3) is 0 Å². The number of aliphatic carboxylic acids is 1. The highest BCUT2D eigenvalue weighted by atomic mass is 16.4. The minimum absolute atomic E-state index is 0.278. The zero-order chi connectivity index (χ0) is 21.4. The van der Waals surface area contributed by atoms with E-state index < -0.39 is 35.9 Å². The van der Waals surface area contributed by atoms with Crippen LogP contribution in [-0.4, -0.2) is 60.6 Å². The second kappa shape index (κ2) is 16.2. The zero-order valence-corrected chi connectivity index (χ0v) is 16.7. The van der Waals surface area contributed by atoms with E-state index in [0.29, 0.717) is 58.2 Å². The topological polar surface area (TPSA) is 200 Å².